The maximum atomic E-state index is 13.9. The minimum absolute atomic E-state index is 1.52. The van der Waals surface area contributed by atoms with Crippen molar-refractivity contribution in [3.63, 3.8) is 0 Å². The van der Waals surface area contributed by atoms with Crippen LogP contribution in [0.1, 0.15) is 32.1 Å². The second-order valence-corrected chi connectivity index (χ2v) is 11.0. The molecule has 0 aliphatic heterocycles. The molecule has 0 aromatic rings. The Kier molecular flexibility index (Phi) is 11.1. The maximum absolute atomic E-state index is 13.9. The van der Waals surface area contributed by atoms with Gasteiger partial charge in [-0.1, -0.05) is 6.58 Å². The van der Waals surface area contributed by atoms with Crippen molar-refractivity contribution >= 4 is 16.1 Å². The van der Waals surface area contributed by atoms with E-state index in [9.17, 15) is 88.6 Å². The zero-order chi connectivity index (χ0) is 35.2. The summed E-state index contributed by atoms with van der Waals surface area (Å²) >= 11 is 0. The minimum atomic E-state index is -6.68. The highest BCUT2D eigenvalue weighted by Crippen LogP contribution is 2.58. The van der Waals surface area contributed by atoms with Gasteiger partial charge in [-0.3, -0.25) is 4.55 Å². The Labute approximate surface area is 235 Å². The molecule has 1 aliphatic rings. The monoisotopic (exact) mass is 708 g/mol. The van der Waals surface area contributed by atoms with Crippen LogP contribution in [-0.4, -0.2) is 84.3 Å². The SMILES string of the molecule is C=C(COCCC(F)(F)C(F)(F)S(=O)(=O)O)C(=O)OC(C1CCC(C(O)(C(F)(F)F)C(F)(F)F)CC1)(C(F)(F)F)C(F)(F)F. The number of aliphatic hydroxyl groups is 1. The molecule has 0 aromatic heterocycles. The fourth-order valence-corrected chi connectivity index (χ4v) is 4.85. The predicted molar refractivity (Wildman–Crippen MR) is 109 cm³/mol. The average Bonchev–Trinajstić information content (AvgIpc) is 2.80. The van der Waals surface area contributed by atoms with Gasteiger partial charge in [0.1, 0.15) is 0 Å². The summed E-state index contributed by atoms with van der Waals surface area (Å²) in [5.74, 6) is -14.2. The third-order valence-corrected chi connectivity index (χ3v) is 7.67. The Morgan fingerprint density at radius 2 is 1.11 bits per heavy atom. The number of carbonyl (C=O) groups is 1. The topological polar surface area (TPSA) is 110 Å². The number of hydrogen-bond acceptors (Lipinski definition) is 6. The molecule has 2 N–H and O–H groups in total. The van der Waals surface area contributed by atoms with Crippen LogP contribution >= 0.6 is 0 Å². The van der Waals surface area contributed by atoms with Gasteiger partial charge in [0.2, 0.25) is 0 Å². The Bertz CT molecular complexity index is 1120. The summed E-state index contributed by atoms with van der Waals surface area (Å²) in [5, 5.41) is 3.36. The average molecular weight is 708 g/mol. The van der Waals surface area contributed by atoms with Gasteiger partial charge in [-0.15, -0.1) is 0 Å². The molecule has 1 saturated carbocycles. The van der Waals surface area contributed by atoms with E-state index in [1.807, 2.05) is 0 Å². The Morgan fingerprint density at radius 3 is 1.45 bits per heavy atom. The smallest absolute Gasteiger partial charge is 0.436 e. The number of hydrogen-bond donors (Lipinski definition) is 2. The van der Waals surface area contributed by atoms with Gasteiger partial charge >= 0.3 is 57.6 Å². The van der Waals surface area contributed by atoms with Gasteiger partial charge in [-0.25, -0.2) is 4.79 Å². The molecule has 1 rings (SSSR count). The van der Waals surface area contributed by atoms with E-state index < -0.39 is 126 Å². The van der Waals surface area contributed by atoms with Gasteiger partial charge in [0.15, 0.2) is 0 Å². The summed E-state index contributed by atoms with van der Waals surface area (Å²) in [6.07, 6.45) is -35.4. The van der Waals surface area contributed by atoms with E-state index in [0.29, 0.717) is 0 Å². The first-order chi connectivity index (χ1) is 19.2. The van der Waals surface area contributed by atoms with Gasteiger partial charge < -0.3 is 14.6 Å². The van der Waals surface area contributed by atoms with Gasteiger partial charge in [0.25, 0.3) is 5.60 Å². The molecule has 260 valence electrons. The molecule has 24 heteroatoms. The summed E-state index contributed by atoms with van der Waals surface area (Å²) < 4.78 is 252. The lowest BCUT2D eigenvalue weighted by Crippen LogP contribution is -2.66. The normalized spacial score (nSPS) is 20.4. The van der Waals surface area contributed by atoms with Crippen molar-refractivity contribution in [1.29, 1.82) is 0 Å². The standard InChI is InChI=1S/C20H20F16O7S/c1-9(8-42-7-6-13(21,22)20(35,36)44(39,40)41)12(37)43-15(18(29,30)31,19(32,33)34)11-4-2-10(3-5-11)14(38,16(23,24)25)17(26,27)28/h10-11,38H,1-8H2,(H,39,40,41). The van der Waals surface area contributed by atoms with Crippen LogP contribution in [0.3, 0.4) is 0 Å². The largest absolute Gasteiger partial charge is 0.437 e. The minimum Gasteiger partial charge on any atom is -0.436 e. The number of esters is 1. The van der Waals surface area contributed by atoms with E-state index in [1.165, 1.54) is 0 Å². The van der Waals surface area contributed by atoms with Gasteiger partial charge in [-0.2, -0.15) is 78.7 Å². The van der Waals surface area contributed by atoms with Crippen molar-refractivity contribution in [2.75, 3.05) is 13.2 Å². The van der Waals surface area contributed by atoms with E-state index in [2.05, 4.69) is 16.1 Å². The molecule has 1 fully saturated rings. The highest BCUT2D eigenvalue weighted by molar-refractivity contribution is 7.87. The van der Waals surface area contributed by atoms with E-state index in [4.69, 9.17) is 4.55 Å². The molecule has 0 bridgehead atoms. The second-order valence-electron chi connectivity index (χ2n) is 9.53. The first-order valence-corrected chi connectivity index (χ1v) is 12.9. The lowest BCUT2D eigenvalue weighted by molar-refractivity contribution is -0.398. The molecule has 0 atom stereocenters. The zero-order valence-electron chi connectivity index (χ0n) is 21.2. The number of ether oxygens (including phenoxy) is 2. The quantitative estimate of drug-likeness (QED) is 0.0874. The van der Waals surface area contributed by atoms with Crippen molar-refractivity contribution in [2.24, 2.45) is 11.8 Å². The molecule has 0 heterocycles. The van der Waals surface area contributed by atoms with Crippen LogP contribution in [0.15, 0.2) is 12.2 Å². The molecule has 0 spiro atoms. The summed E-state index contributed by atoms with van der Waals surface area (Å²) in [4.78, 5) is 12.1. The predicted octanol–water partition coefficient (Wildman–Crippen LogP) is 6.13. The molecule has 0 unspecified atom stereocenters. The maximum Gasteiger partial charge on any atom is 0.437 e. The fraction of sp³-hybridized carbons (Fsp3) is 0.850. The van der Waals surface area contributed by atoms with Gasteiger partial charge in [-0.05, 0) is 25.7 Å². The van der Waals surface area contributed by atoms with Crippen LogP contribution in [0, 0.1) is 11.8 Å². The van der Waals surface area contributed by atoms with Crippen LogP contribution in [0.5, 0.6) is 0 Å². The van der Waals surface area contributed by atoms with E-state index in [1.54, 1.807) is 0 Å². The van der Waals surface area contributed by atoms with E-state index in [-0.39, 0.29) is 0 Å². The third-order valence-electron chi connectivity index (χ3n) is 6.73. The van der Waals surface area contributed by atoms with Crippen molar-refractivity contribution in [3.05, 3.63) is 12.2 Å². The molecule has 0 saturated heterocycles. The lowest BCUT2D eigenvalue weighted by Gasteiger charge is -2.47. The third kappa shape index (κ3) is 7.32. The van der Waals surface area contributed by atoms with E-state index >= 15 is 0 Å². The first-order valence-electron chi connectivity index (χ1n) is 11.4. The van der Waals surface area contributed by atoms with Crippen molar-refractivity contribution < 1.29 is 103 Å². The molecule has 1 aliphatic carbocycles. The molecule has 0 radical (unpaired) electrons. The molecular weight excluding hydrogens is 688 g/mol. The van der Waals surface area contributed by atoms with Crippen molar-refractivity contribution in [2.45, 2.75) is 79.2 Å². The molecule has 0 amide bonds. The summed E-state index contributed by atoms with van der Waals surface area (Å²) in [5.41, 5.74) is -12.6. The van der Waals surface area contributed by atoms with Crippen LogP contribution in [0.4, 0.5) is 70.2 Å². The Hall–Kier alpha value is -2.08. The number of halogens is 16. The fourth-order valence-electron chi connectivity index (χ4n) is 4.37. The number of rotatable bonds is 11. The Morgan fingerprint density at radius 1 is 0.727 bits per heavy atom. The van der Waals surface area contributed by atoms with Crippen LogP contribution in [0.2, 0.25) is 0 Å². The number of alkyl halides is 16. The molecule has 0 aromatic carbocycles. The molecule has 44 heavy (non-hydrogen) atoms. The van der Waals surface area contributed by atoms with Gasteiger partial charge in [0, 0.05) is 18.3 Å². The summed E-state index contributed by atoms with van der Waals surface area (Å²) in [6.45, 7) is -0.590. The summed E-state index contributed by atoms with van der Waals surface area (Å²) in [6, 6.07) is 0. The number of carbonyl (C=O) groups excluding carboxylic acids is 1. The highest BCUT2D eigenvalue weighted by Gasteiger charge is 2.79. The molecule has 7 nitrogen and oxygen atoms in total. The lowest BCUT2D eigenvalue weighted by atomic mass is 9.67. The molecular formula is C20H20F16O7S. The van der Waals surface area contributed by atoms with Crippen molar-refractivity contribution in [3.8, 4) is 0 Å². The first kappa shape index (κ1) is 39.9. The van der Waals surface area contributed by atoms with Crippen LogP contribution in [-0.2, 0) is 24.4 Å². The van der Waals surface area contributed by atoms with Crippen LogP contribution < -0.4 is 0 Å². The Balaban J connectivity index is 3.20. The van der Waals surface area contributed by atoms with E-state index in [0.717, 1.165) is 0 Å². The second kappa shape index (κ2) is 12.3. The zero-order valence-corrected chi connectivity index (χ0v) is 22.0. The van der Waals surface area contributed by atoms with Crippen molar-refractivity contribution in [1.82, 2.24) is 0 Å². The van der Waals surface area contributed by atoms with Crippen LogP contribution in [0.25, 0.3) is 0 Å². The highest BCUT2D eigenvalue weighted by atomic mass is 32.2. The summed E-state index contributed by atoms with van der Waals surface area (Å²) in [7, 11) is -6.68. The van der Waals surface area contributed by atoms with Gasteiger partial charge in [0.05, 0.1) is 18.8 Å².